The molecule has 2 fully saturated rings. The van der Waals surface area contributed by atoms with Gasteiger partial charge in [-0.3, -0.25) is 4.79 Å². The Morgan fingerprint density at radius 1 is 1.30 bits per heavy atom. The summed E-state index contributed by atoms with van der Waals surface area (Å²) in [6.07, 6.45) is 11.3. The lowest BCUT2D eigenvalue weighted by atomic mass is 9.82. The summed E-state index contributed by atoms with van der Waals surface area (Å²) in [5, 5.41) is 15.4. The molecule has 0 aromatic carbocycles. The van der Waals surface area contributed by atoms with E-state index in [0.717, 1.165) is 45.2 Å². The molecule has 0 aromatic rings. The van der Waals surface area contributed by atoms with Crippen molar-refractivity contribution in [3.63, 3.8) is 0 Å². The van der Waals surface area contributed by atoms with Crippen LogP contribution in [0.25, 0.3) is 0 Å². The number of unbranched alkanes of at least 4 members (excludes halogenated alkanes) is 1. The summed E-state index contributed by atoms with van der Waals surface area (Å²) in [5.41, 5.74) is 6.04. The highest BCUT2D eigenvalue weighted by Gasteiger charge is 2.34. The fourth-order valence-corrected chi connectivity index (χ4v) is 4.09. The predicted molar refractivity (Wildman–Crippen MR) is 91.6 cm³/mol. The Morgan fingerprint density at radius 2 is 2.00 bits per heavy atom. The first kappa shape index (κ1) is 18.2. The first-order valence-electron chi connectivity index (χ1n) is 9.30. The number of carbonyl (C=O) groups excluding carboxylic acids is 1. The molecule has 1 unspecified atom stereocenters. The zero-order valence-corrected chi connectivity index (χ0v) is 14.3. The number of nitriles is 1. The third-order valence-corrected chi connectivity index (χ3v) is 5.54. The van der Waals surface area contributed by atoms with Crippen LogP contribution in [0.1, 0.15) is 70.6 Å². The fraction of sp³-hybridized carbons (Fsp3) is 0.889. The van der Waals surface area contributed by atoms with Gasteiger partial charge in [-0.05, 0) is 51.1 Å². The van der Waals surface area contributed by atoms with E-state index in [2.05, 4.69) is 16.7 Å². The van der Waals surface area contributed by atoms with E-state index >= 15 is 0 Å². The Balaban J connectivity index is 1.86. The Kier molecular flexibility index (Phi) is 7.32. The topological polar surface area (TPSA) is 90.9 Å². The van der Waals surface area contributed by atoms with E-state index < -0.39 is 0 Å². The number of rotatable bonds is 7. The van der Waals surface area contributed by atoms with Crippen LogP contribution in [0.5, 0.6) is 0 Å². The van der Waals surface area contributed by atoms with Crippen molar-refractivity contribution in [2.24, 2.45) is 11.7 Å². The first-order chi connectivity index (χ1) is 11.2. The molecule has 0 spiro atoms. The first-order valence-corrected chi connectivity index (χ1v) is 9.30. The number of hydrogen-bond acceptors (Lipinski definition) is 4. The maximum Gasteiger partial charge on any atom is 0.237 e. The molecule has 1 aliphatic carbocycles. The number of nitrogens with two attached hydrogens (primary N) is 1. The van der Waals surface area contributed by atoms with E-state index in [9.17, 15) is 4.79 Å². The Morgan fingerprint density at radius 3 is 2.65 bits per heavy atom. The van der Waals surface area contributed by atoms with Crippen molar-refractivity contribution in [1.82, 2.24) is 10.6 Å². The lowest BCUT2D eigenvalue weighted by molar-refractivity contribution is -0.125. The molecule has 1 amide bonds. The summed E-state index contributed by atoms with van der Waals surface area (Å²) in [7, 11) is 0. The van der Waals surface area contributed by atoms with Crippen LogP contribution in [-0.4, -0.2) is 30.6 Å². The van der Waals surface area contributed by atoms with E-state index in [4.69, 9.17) is 11.0 Å². The van der Waals surface area contributed by atoms with Gasteiger partial charge in [0.05, 0.1) is 12.1 Å². The number of nitrogens with zero attached hydrogens (tertiary/aromatic N) is 1. The minimum atomic E-state index is -0.388. The summed E-state index contributed by atoms with van der Waals surface area (Å²) < 4.78 is 0. The van der Waals surface area contributed by atoms with Gasteiger partial charge in [0.2, 0.25) is 5.91 Å². The summed E-state index contributed by atoms with van der Waals surface area (Å²) in [6, 6.07) is 1.81. The second-order valence-electron chi connectivity index (χ2n) is 7.38. The van der Waals surface area contributed by atoms with Crippen molar-refractivity contribution < 1.29 is 4.79 Å². The molecule has 23 heavy (non-hydrogen) atoms. The molecule has 0 radical (unpaired) electrons. The second-order valence-corrected chi connectivity index (χ2v) is 7.38. The number of amides is 1. The average molecular weight is 320 g/mol. The molecule has 130 valence electrons. The predicted octanol–water partition coefficient (Wildman–Crippen LogP) is 2.22. The molecule has 0 bridgehead atoms. The standard InChI is InChI=1S/C18H32N4O/c19-11-5-4-8-18(9-12-21-13-10-18)22-17(23)16(20)14-15-6-2-1-3-7-15/h15-16,21H,1-10,12-14,20H2,(H,22,23). The van der Waals surface area contributed by atoms with Gasteiger partial charge in [-0.2, -0.15) is 5.26 Å². The van der Waals surface area contributed by atoms with Crippen molar-refractivity contribution in [2.45, 2.75) is 82.2 Å². The van der Waals surface area contributed by atoms with Crippen LogP contribution >= 0.6 is 0 Å². The van der Waals surface area contributed by atoms with Crippen molar-refractivity contribution in [2.75, 3.05) is 13.1 Å². The van der Waals surface area contributed by atoms with E-state index in [0.29, 0.717) is 12.3 Å². The number of hydrogen-bond donors (Lipinski definition) is 3. The molecular formula is C18H32N4O. The lowest BCUT2D eigenvalue weighted by Crippen LogP contribution is -2.58. The summed E-state index contributed by atoms with van der Waals surface area (Å²) in [4.78, 5) is 12.6. The van der Waals surface area contributed by atoms with Gasteiger partial charge < -0.3 is 16.4 Å². The second kappa shape index (κ2) is 9.24. The van der Waals surface area contributed by atoms with Gasteiger partial charge in [0.15, 0.2) is 0 Å². The maximum atomic E-state index is 12.6. The van der Waals surface area contributed by atoms with Gasteiger partial charge in [0.1, 0.15) is 0 Å². The summed E-state index contributed by atoms with van der Waals surface area (Å²) >= 11 is 0. The largest absolute Gasteiger partial charge is 0.349 e. The van der Waals surface area contributed by atoms with Crippen molar-refractivity contribution in [3.05, 3.63) is 0 Å². The van der Waals surface area contributed by atoms with Gasteiger partial charge in [-0.1, -0.05) is 32.1 Å². The molecule has 5 nitrogen and oxygen atoms in total. The van der Waals surface area contributed by atoms with Gasteiger partial charge in [-0.15, -0.1) is 0 Å². The molecule has 1 saturated carbocycles. The number of nitrogens with one attached hydrogen (secondary N) is 2. The van der Waals surface area contributed by atoms with Crippen LogP contribution in [0.2, 0.25) is 0 Å². The van der Waals surface area contributed by atoms with Crippen LogP contribution < -0.4 is 16.4 Å². The number of piperidine rings is 1. The van der Waals surface area contributed by atoms with Crippen LogP contribution in [0.4, 0.5) is 0 Å². The molecule has 2 rings (SSSR count). The van der Waals surface area contributed by atoms with Crippen LogP contribution in [0.3, 0.4) is 0 Å². The minimum Gasteiger partial charge on any atom is -0.349 e. The highest BCUT2D eigenvalue weighted by atomic mass is 16.2. The van der Waals surface area contributed by atoms with Crippen LogP contribution in [-0.2, 0) is 4.79 Å². The monoisotopic (exact) mass is 320 g/mol. The lowest BCUT2D eigenvalue weighted by Gasteiger charge is -2.39. The Labute approximate surface area is 140 Å². The van der Waals surface area contributed by atoms with Gasteiger partial charge in [0, 0.05) is 12.0 Å². The molecule has 4 N–H and O–H groups in total. The van der Waals surface area contributed by atoms with Crippen molar-refractivity contribution in [3.8, 4) is 6.07 Å². The van der Waals surface area contributed by atoms with E-state index in [-0.39, 0.29) is 17.5 Å². The van der Waals surface area contributed by atoms with Gasteiger partial charge in [-0.25, -0.2) is 0 Å². The zero-order chi connectivity index (χ0) is 16.5. The zero-order valence-electron chi connectivity index (χ0n) is 14.3. The molecule has 1 saturated heterocycles. The quantitative estimate of drug-likeness (QED) is 0.627. The molecule has 1 heterocycles. The Bertz CT molecular complexity index is 406. The minimum absolute atomic E-state index is 0.00873. The maximum absolute atomic E-state index is 12.6. The third kappa shape index (κ3) is 5.78. The Hall–Kier alpha value is -1.12. The highest BCUT2D eigenvalue weighted by Crippen LogP contribution is 2.28. The normalized spacial score (nSPS) is 23.0. The van der Waals surface area contributed by atoms with Gasteiger partial charge >= 0.3 is 0 Å². The fourth-order valence-electron chi connectivity index (χ4n) is 4.09. The molecule has 1 aliphatic heterocycles. The smallest absolute Gasteiger partial charge is 0.237 e. The van der Waals surface area contributed by atoms with Crippen LogP contribution in [0, 0.1) is 17.2 Å². The molecule has 1 atom stereocenters. The highest BCUT2D eigenvalue weighted by molar-refractivity contribution is 5.82. The molecular weight excluding hydrogens is 288 g/mol. The molecule has 5 heteroatoms. The SMILES string of the molecule is N#CCCCC1(NC(=O)C(N)CC2CCCCC2)CCNCC1. The van der Waals surface area contributed by atoms with Crippen molar-refractivity contribution in [1.29, 1.82) is 5.26 Å². The van der Waals surface area contributed by atoms with Gasteiger partial charge in [0.25, 0.3) is 0 Å². The van der Waals surface area contributed by atoms with E-state index in [1.807, 2.05) is 0 Å². The van der Waals surface area contributed by atoms with Crippen molar-refractivity contribution >= 4 is 5.91 Å². The van der Waals surface area contributed by atoms with E-state index in [1.165, 1.54) is 32.1 Å². The average Bonchev–Trinajstić information content (AvgIpc) is 2.57. The molecule has 2 aliphatic rings. The molecule has 0 aromatic heterocycles. The summed E-state index contributed by atoms with van der Waals surface area (Å²) in [5.74, 6) is 0.626. The summed E-state index contributed by atoms with van der Waals surface area (Å²) in [6.45, 7) is 1.84. The third-order valence-electron chi connectivity index (χ3n) is 5.54. The number of carbonyl (C=O) groups is 1. The van der Waals surface area contributed by atoms with Crippen LogP contribution in [0.15, 0.2) is 0 Å². The van der Waals surface area contributed by atoms with E-state index in [1.54, 1.807) is 0 Å².